The second-order valence-electron chi connectivity index (χ2n) is 5.81. The number of likely N-dealkylation sites (N-methyl/N-ethyl adjacent to an activating group) is 1. The van der Waals surface area contributed by atoms with Crippen LogP contribution in [-0.4, -0.2) is 38.4 Å². The molecule has 1 aliphatic heterocycles. The van der Waals surface area contributed by atoms with E-state index in [1.807, 2.05) is 12.1 Å². The van der Waals surface area contributed by atoms with E-state index in [1.54, 1.807) is 0 Å². The lowest BCUT2D eigenvalue weighted by molar-refractivity contribution is 0.174. The first kappa shape index (κ1) is 15.4. The molecule has 0 radical (unpaired) electrons. The van der Waals surface area contributed by atoms with Gasteiger partial charge < -0.3 is 19.7 Å². The minimum atomic E-state index is 0.251. The number of nitrogens with one attached hydrogen (secondary N) is 1. The van der Waals surface area contributed by atoms with E-state index in [9.17, 15) is 0 Å². The Morgan fingerprint density at radius 2 is 2.05 bits per heavy atom. The third kappa shape index (κ3) is 3.78. The highest BCUT2D eigenvalue weighted by atomic mass is 35.5. The largest absolute Gasteiger partial charge is 0.454 e. The van der Waals surface area contributed by atoms with Gasteiger partial charge in [0.25, 0.3) is 0 Å². The predicted molar refractivity (Wildman–Crippen MR) is 81.6 cm³/mol. The summed E-state index contributed by atoms with van der Waals surface area (Å²) in [7, 11) is 4.18. The number of hydrogen-bond acceptors (Lipinski definition) is 4. The molecule has 0 bridgehead atoms. The Morgan fingerprint density at radius 3 is 2.70 bits per heavy atom. The third-order valence-electron chi connectivity index (χ3n) is 3.42. The van der Waals surface area contributed by atoms with Gasteiger partial charge in [0.1, 0.15) is 0 Å². The fourth-order valence-corrected chi connectivity index (χ4v) is 2.56. The first-order chi connectivity index (χ1) is 9.47. The number of hydrogen-bond donors (Lipinski definition) is 1. The molecule has 0 aliphatic carbocycles. The van der Waals surface area contributed by atoms with Crippen LogP contribution in [0.4, 0.5) is 0 Å². The standard InChI is InChI=1S/C15H23ClN2O2/c1-10(2)13(8-18(3)4)17-7-11-5-12(16)15-14(6-11)19-9-20-15/h5-6,10,13,17H,7-9H2,1-4H3. The zero-order valence-corrected chi connectivity index (χ0v) is 13.3. The van der Waals surface area contributed by atoms with Crippen molar-refractivity contribution in [2.45, 2.75) is 26.4 Å². The Morgan fingerprint density at radius 1 is 1.30 bits per heavy atom. The topological polar surface area (TPSA) is 33.7 Å². The fourth-order valence-electron chi connectivity index (χ4n) is 2.28. The average molecular weight is 299 g/mol. The maximum absolute atomic E-state index is 6.20. The third-order valence-corrected chi connectivity index (χ3v) is 3.70. The first-order valence-corrected chi connectivity index (χ1v) is 7.31. The van der Waals surface area contributed by atoms with Crippen LogP contribution in [0.15, 0.2) is 12.1 Å². The van der Waals surface area contributed by atoms with Gasteiger partial charge in [-0.2, -0.15) is 0 Å². The van der Waals surface area contributed by atoms with Crippen LogP contribution in [0.5, 0.6) is 11.5 Å². The molecular formula is C15H23ClN2O2. The zero-order chi connectivity index (χ0) is 14.7. The normalized spacial score (nSPS) is 15.2. The highest BCUT2D eigenvalue weighted by Crippen LogP contribution is 2.39. The predicted octanol–water partition coefficient (Wildman–Crippen LogP) is 2.74. The van der Waals surface area contributed by atoms with Crippen LogP contribution in [0, 0.1) is 5.92 Å². The van der Waals surface area contributed by atoms with E-state index in [1.165, 1.54) is 0 Å². The van der Waals surface area contributed by atoms with Gasteiger partial charge in [0.05, 0.1) is 5.02 Å². The van der Waals surface area contributed by atoms with E-state index >= 15 is 0 Å². The molecule has 2 rings (SSSR count). The molecule has 1 N–H and O–H groups in total. The smallest absolute Gasteiger partial charge is 0.231 e. The molecule has 1 atom stereocenters. The molecule has 0 saturated heterocycles. The monoisotopic (exact) mass is 298 g/mol. The fraction of sp³-hybridized carbons (Fsp3) is 0.600. The van der Waals surface area contributed by atoms with Crippen molar-refractivity contribution in [2.75, 3.05) is 27.4 Å². The van der Waals surface area contributed by atoms with Crippen LogP contribution in [0.3, 0.4) is 0 Å². The van der Waals surface area contributed by atoms with Crippen molar-refractivity contribution in [2.24, 2.45) is 5.92 Å². The Bertz CT molecular complexity index is 463. The molecule has 1 aliphatic rings. The minimum absolute atomic E-state index is 0.251. The molecule has 1 heterocycles. The number of ether oxygens (including phenoxy) is 2. The van der Waals surface area contributed by atoms with Crippen LogP contribution in [0.1, 0.15) is 19.4 Å². The summed E-state index contributed by atoms with van der Waals surface area (Å²) in [6, 6.07) is 4.37. The number of rotatable bonds is 6. The summed E-state index contributed by atoms with van der Waals surface area (Å²) in [6.07, 6.45) is 0. The van der Waals surface area contributed by atoms with Crippen molar-refractivity contribution < 1.29 is 9.47 Å². The lowest BCUT2D eigenvalue weighted by Crippen LogP contribution is -2.41. The molecular weight excluding hydrogens is 276 g/mol. The van der Waals surface area contributed by atoms with Gasteiger partial charge in [-0.25, -0.2) is 0 Å². The van der Waals surface area contributed by atoms with Gasteiger partial charge >= 0.3 is 0 Å². The van der Waals surface area contributed by atoms with Gasteiger partial charge in [-0.1, -0.05) is 25.4 Å². The van der Waals surface area contributed by atoms with E-state index in [-0.39, 0.29) is 6.79 Å². The highest BCUT2D eigenvalue weighted by Gasteiger charge is 2.19. The van der Waals surface area contributed by atoms with Gasteiger partial charge in [-0.15, -0.1) is 0 Å². The van der Waals surface area contributed by atoms with E-state index in [0.717, 1.165) is 24.4 Å². The summed E-state index contributed by atoms with van der Waals surface area (Å²) in [5, 5.41) is 4.20. The molecule has 20 heavy (non-hydrogen) atoms. The van der Waals surface area contributed by atoms with Gasteiger partial charge in [0.15, 0.2) is 11.5 Å². The number of fused-ring (bicyclic) bond motifs is 1. The van der Waals surface area contributed by atoms with Gasteiger partial charge in [-0.3, -0.25) is 0 Å². The molecule has 0 aromatic heterocycles. The minimum Gasteiger partial charge on any atom is -0.454 e. The second-order valence-corrected chi connectivity index (χ2v) is 6.21. The Labute approximate surface area is 126 Å². The lowest BCUT2D eigenvalue weighted by atomic mass is 10.0. The SMILES string of the molecule is CC(C)C(CN(C)C)NCc1cc(Cl)c2c(c1)OCO2. The van der Waals surface area contributed by atoms with E-state index in [4.69, 9.17) is 21.1 Å². The molecule has 0 fully saturated rings. The van der Waals surface area contributed by atoms with Crippen molar-refractivity contribution in [3.63, 3.8) is 0 Å². The molecule has 112 valence electrons. The van der Waals surface area contributed by atoms with Gasteiger partial charge in [-0.05, 0) is 37.7 Å². The summed E-state index contributed by atoms with van der Waals surface area (Å²) in [5.41, 5.74) is 1.11. The summed E-state index contributed by atoms with van der Waals surface area (Å²) in [4.78, 5) is 2.20. The Balaban J connectivity index is 2.01. The van der Waals surface area contributed by atoms with E-state index < -0.39 is 0 Å². The molecule has 0 amide bonds. The lowest BCUT2D eigenvalue weighted by Gasteiger charge is -2.25. The molecule has 4 nitrogen and oxygen atoms in total. The molecule has 1 unspecified atom stereocenters. The Hall–Kier alpha value is -0.970. The maximum Gasteiger partial charge on any atom is 0.231 e. The summed E-state index contributed by atoms with van der Waals surface area (Å²) in [6.45, 7) is 6.49. The number of benzene rings is 1. The molecule has 0 spiro atoms. The molecule has 5 heteroatoms. The van der Waals surface area contributed by atoms with Crippen molar-refractivity contribution in [3.05, 3.63) is 22.7 Å². The van der Waals surface area contributed by atoms with Crippen LogP contribution in [0.25, 0.3) is 0 Å². The van der Waals surface area contributed by atoms with Crippen molar-refractivity contribution in [3.8, 4) is 11.5 Å². The van der Waals surface area contributed by atoms with Crippen molar-refractivity contribution in [1.82, 2.24) is 10.2 Å². The Kier molecular flexibility index (Phi) is 5.13. The van der Waals surface area contributed by atoms with Crippen LogP contribution >= 0.6 is 11.6 Å². The van der Waals surface area contributed by atoms with E-state index in [2.05, 4.69) is 38.2 Å². The average Bonchev–Trinajstić information content (AvgIpc) is 2.82. The number of halogens is 1. The van der Waals surface area contributed by atoms with Gasteiger partial charge in [0, 0.05) is 19.1 Å². The molecule has 0 saturated carbocycles. The quantitative estimate of drug-likeness (QED) is 0.875. The number of nitrogens with zero attached hydrogens (tertiary/aromatic N) is 1. The maximum atomic E-state index is 6.20. The summed E-state index contributed by atoms with van der Waals surface area (Å²) >= 11 is 6.20. The molecule has 1 aromatic carbocycles. The first-order valence-electron chi connectivity index (χ1n) is 6.93. The van der Waals surface area contributed by atoms with Gasteiger partial charge in [0.2, 0.25) is 6.79 Å². The second kappa shape index (κ2) is 6.66. The zero-order valence-electron chi connectivity index (χ0n) is 12.6. The van der Waals surface area contributed by atoms with Crippen molar-refractivity contribution >= 4 is 11.6 Å². The molecule has 1 aromatic rings. The van der Waals surface area contributed by atoms with E-state index in [0.29, 0.717) is 22.7 Å². The van der Waals surface area contributed by atoms with Crippen LogP contribution < -0.4 is 14.8 Å². The highest BCUT2D eigenvalue weighted by molar-refractivity contribution is 6.32. The van der Waals surface area contributed by atoms with Crippen molar-refractivity contribution in [1.29, 1.82) is 0 Å². The summed E-state index contributed by atoms with van der Waals surface area (Å²) in [5.74, 6) is 1.97. The van der Waals surface area contributed by atoms with Crippen LogP contribution in [-0.2, 0) is 6.54 Å². The van der Waals surface area contributed by atoms with Crippen LogP contribution in [0.2, 0.25) is 5.02 Å². The summed E-state index contributed by atoms with van der Waals surface area (Å²) < 4.78 is 10.7.